The van der Waals surface area contributed by atoms with E-state index in [2.05, 4.69) is 114 Å². The summed E-state index contributed by atoms with van der Waals surface area (Å²) in [6.07, 6.45) is 6.25. The van der Waals surface area contributed by atoms with E-state index in [9.17, 15) is 16.8 Å². The fourth-order valence-electron chi connectivity index (χ4n) is 10.6. The number of rotatable bonds is 10. The number of anilines is 2. The monoisotopic (exact) mass is 1230 g/mol. The van der Waals surface area contributed by atoms with Crippen LogP contribution < -0.4 is 15.3 Å². The Hall–Kier alpha value is -4.68. The molecule has 5 aliphatic heterocycles. The topological polar surface area (TPSA) is 208 Å². The van der Waals surface area contributed by atoms with Crippen LogP contribution in [0.25, 0.3) is 53.2 Å². The number of ether oxygens (including phenoxy) is 2. The van der Waals surface area contributed by atoms with Crippen molar-refractivity contribution in [2.24, 2.45) is 0 Å². The first kappa shape index (κ1) is 57.2. The summed E-state index contributed by atoms with van der Waals surface area (Å²) < 4.78 is 76.6. The molecule has 80 heavy (non-hydrogen) atoms. The predicted octanol–water partition coefficient (Wildman–Crippen LogP) is 6.59. The van der Waals surface area contributed by atoms with Crippen molar-refractivity contribution in [2.75, 3.05) is 127 Å². The largest absolute Gasteiger partial charge is 0.495 e. The van der Waals surface area contributed by atoms with E-state index < -0.39 is 20.0 Å². The number of fused-ring (bicyclic) bond motifs is 4. The zero-order valence-corrected chi connectivity index (χ0v) is 50.8. The van der Waals surface area contributed by atoms with Crippen LogP contribution in [0.5, 0.6) is 0 Å². The van der Waals surface area contributed by atoms with Crippen molar-refractivity contribution < 1.29 is 35.6 Å². The second kappa shape index (κ2) is 23.5. The van der Waals surface area contributed by atoms with Crippen molar-refractivity contribution in [3.05, 3.63) is 87.4 Å². The highest BCUT2D eigenvalue weighted by Crippen LogP contribution is 2.40. The Morgan fingerprint density at radius 2 is 1.06 bits per heavy atom. The van der Waals surface area contributed by atoms with Gasteiger partial charge < -0.3 is 28.6 Å². The fraction of sp³-hybridized carbons (Fsp3) is 0.481. The molecule has 0 unspecified atom stereocenters. The van der Waals surface area contributed by atoms with Gasteiger partial charge in [-0.05, 0) is 96.3 Å². The lowest BCUT2D eigenvalue weighted by atomic mass is 9.77. The summed E-state index contributed by atoms with van der Waals surface area (Å²) in [5, 5.41) is 18.8. The summed E-state index contributed by atoms with van der Waals surface area (Å²) in [6, 6.07) is 20.9. The molecule has 0 radical (unpaired) electrons. The molecule has 0 bridgehead atoms. The van der Waals surface area contributed by atoms with Crippen LogP contribution in [0.15, 0.2) is 77.7 Å². The minimum Gasteiger partial charge on any atom is -0.399 e. The number of hydrogen-bond donors (Lipinski definition) is 2. The van der Waals surface area contributed by atoms with Gasteiger partial charge >= 0.3 is 7.12 Å². The Morgan fingerprint density at radius 3 is 1.57 bits per heavy atom. The first-order chi connectivity index (χ1) is 38.3. The van der Waals surface area contributed by atoms with Crippen LogP contribution in [-0.4, -0.2) is 201 Å². The zero-order valence-electron chi connectivity index (χ0n) is 46.0. The molecule has 13 rings (SSSR count). The summed E-state index contributed by atoms with van der Waals surface area (Å²) in [5.41, 5.74) is 4.40. The van der Waals surface area contributed by atoms with Gasteiger partial charge in [0.2, 0.25) is 20.0 Å². The predicted molar refractivity (Wildman–Crippen MR) is 323 cm³/mol. The van der Waals surface area contributed by atoms with E-state index in [1.165, 1.54) is 42.4 Å². The molecule has 6 aromatic heterocycles. The minimum absolute atomic E-state index is 0.316. The van der Waals surface area contributed by atoms with Crippen LogP contribution in [-0.2, 0) is 51.9 Å². The zero-order chi connectivity index (χ0) is 56.0. The molecular formula is C54H68BBrN12O8S4. The molecule has 0 atom stereocenters. The number of piperazine rings is 2. The Labute approximate surface area is 484 Å². The normalized spacial score (nSPS) is 19.9. The number of aromatic nitrogens is 6. The molecular weight excluding hydrogens is 1160 g/mol. The maximum atomic E-state index is 11.9. The molecule has 20 nitrogen and oxygen atoms in total. The number of H-pyrrole nitrogens is 2. The molecule has 426 valence electrons. The van der Waals surface area contributed by atoms with Crippen LogP contribution in [0.4, 0.5) is 11.6 Å². The molecule has 8 aromatic rings. The highest BCUT2D eigenvalue weighted by molar-refractivity contribution is 9.10. The summed E-state index contributed by atoms with van der Waals surface area (Å²) in [7, 11) is -6.55. The maximum absolute atomic E-state index is 11.9. The van der Waals surface area contributed by atoms with E-state index in [0.29, 0.717) is 39.4 Å². The van der Waals surface area contributed by atoms with Gasteiger partial charge in [0, 0.05) is 118 Å². The average Bonchev–Trinajstić information content (AvgIpc) is 4.46. The van der Waals surface area contributed by atoms with Crippen LogP contribution >= 0.6 is 38.6 Å². The third-order valence-electron chi connectivity index (χ3n) is 15.8. The molecule has 5 aliphatic rings. The minimum atomic E-state index is -3.12. The van der Waals surface area contributed by atoms with Crippen molar-refractivity contribution >= 4 is 125 Å². The molecule has 0 aliphatic carbocycles. The van der Waals surface area contributed by atoms with Gasteiger partial charge in [0.1, 0.15) is 16.2 Å². The van der Waals surface area contributed by atoms with E-state index in [4.69, 9.17) is 28.8 Å². The number of morpholine rings is 2. The summed E-state index contributed by atoms with van der Waals surface area (Å²) in [5.74, 6) is 2.04. The summed E-state index contributed by atoms with van der Waals surface area (Å²) in [6.45, 7) is 21.4. The number of sulfonamides is 2. The van der Waals surface area contributed by atoms with Crippen molar-refractivity contribution in [1.82, 2.24) is 48.8 Å². The summed E-state index contributed by atoms with van der Waals surface area (Å²) >= 11 is 7.12. The fourth-order valence-corrected chi connectivity index (χ4v) is 15.1. The maximum Gasteiger partial charge on any atom is 0.495 e. The molecule has 2 aromatic carbocycles. The lowest BCUT2D eigenvalue weighted by Gasteiger charge is -2.32. The van der Waals surface area contributed by atoms with Gasteiger partial charge in [0.05, 0.1) is 88.7 Å². The van der Waals surface area contributed by atoms with Crippen LogP contribution in [0.3, 0.4) is 0 Å². The molecule has 5 fully saturated rings. The first-order valence-corrected chi connectivity index (χ1v) is 33.1. The molecule has 2 N–H and O–H groups in total. The van der Waals surface area contributed by atoms with Gasteiger partial charge in [0.15, 0.2) is 0 Å². The van der Waals surface area contributed by atoms with E-state index in [1.807, 2.05) is 42.7 Å². The van der Waals surface area contributed by atoms with E-state index in [0.717, 1.165) is 133 Å². The van der Waals surface area contributed by atoms with Crippen LogP contribution in [0, 0.1) is 0 Å². The number of hydrogen-bond acceptors (Lipinski definition) is 18. The molecule has 26 heteroatoms. The van der Waals surface area contributed by atoms with Gasteiger partial charge in [-0.15, -0.1) is 22.7 Å². The Kier molecular flexibility index (Phi) is 16.8. The third kappa shape index (κ3) is 12.6. The number of thiophene rings is 2. The number of nitrogens with one attached hydrogen (secondary N) is 2. The average molecular weight is 1230 g/mol. The number of benzene rings is 2. The number of halogens is 1. The number of pyridine rings is 2. The molecule has 0 spiro atoms. The van der Waals surface area contributed by atoms with Gasteiger partial charge in [-0.1, -0.05) is 24.3 Å². The standard InChI is InChI=1S/C24H28N6O3S2.C17H23BrN4O3S2.C13H17BN2O2/c1-35(31,32)30-7-5-28(6-8-30)16-18-13-17-14-22(19-3-2-4-21-20(19)15-25-27-21)26-24(23(17)34-18)29-9-11-33-12-10-29;1-27(23,24)22-4-2-20(3-5-22)12-14-10-13-11-15(18)19-17(16(13)26-14)21-6-8-25-9-7-21;1-12(2)13(3,4)18-14(17-12)10-6-5-7-11-9(10)8-15-16-11/h2-4,13-15H,5-12,16H2,1H3,(H,25,27);10-11H,2-9,12H2,1H3;5-8H,1-4H3,(H,15,16). The van der Waals surface area contributed by atoms with Crippen LogP contribution in [0.2, 0.25) is 0 Å². The van der Waals surface area contributed by atoms with Gasteiger partial charge in [-0.3, -0.25) is 20.0 Å². The molecule has 5 saturated heterocycles. The van der Waals surface area contributed by atoms with E-state index >= 15 is 0 Å². The quantitative estimate of drug-likeness (QED) is 0.109. The second-order valence-corrected chi connectivity index (χ2v) is 28.9. The number of aromatic amines is 2. The highest BCUT2D eigenvalue weighted by atomic mass is 79.9. The number of nitrogens with zero attached hydrogens (tertiary/aromatic N) is 10. The van der Waals surface area contributed by atoms with E-state index in [1.54, 1.807) is 31.3 Å². The van der Waals surface area contributed by atoms with Crippen LogP contribution in [0.1, 0.15) is 37.4 Å². The lowest BCUT2D eigenvalue weighted by Crippen LogP contribution is -2.47. The van der Waals surface area contributed by atoms with Gasteiger partial charge in [-0.25, -0.2) is 26.8 Å². The Bertz CT molecular complexity index is 3700. The summed E-state index contributed by atoms with van der Waals surface area (Å²) in [4.78, 5) is 21.7. The van der Waals surface area contributed by atoms with Gasteiger partial charge in [-0.2, -0.15) is 18.8 Å². The van der Waals surface area contributed by atoms with Crippen molar-refractivity contribution in [1.29, 1.82) is 0 Å². The SMILES string of the molecule is CC1(C)OB(c2cccc3[nH]ncc23)OC1(C)C.CS(=O)(=O)N1CCN(Cc2cc3cc(-c4cccc5[nH]ncc45)nc(N4CCOCC4)c3s2)CC1.CS(=O)(=O)N1CCN(Cc2cc3cc(Br)nc(N4CCOCC4)c3s2)CC1. The highest BCUT2D eigenvalue weighted by Gasteiger charge is 2.52. The smallest absolute Gasteiger partial charge is 0.399 e. The second-order valence-electron chi connectivity index (χ2n) is 21.8. The van der Waals surface area contributed by atoms with Crippen molar-refractivity contribution in [3.63, 3.8) is 0 Å². The van der Waals surface area contributed by atoms with Crippen molar-refractivity contribution in [3.8, 4) is 11.3 Å². The molecule has 0 amide bonds. The Morgan fingerprint density at radius 1 is 0.600 bits per heavy atom. The first-order valence-electron chi connectivity index (χ1n) is 27.0. The molecule has 0 saturated carbocycles. The van der Waals surface area contributed by atoms with Gasteiger partial charge in [0.25, 0.3) is 0 Å². The molecule has 11 heterocycles. The van der Waals surface area contributed by atoms with Crippen molar-refractivity contribution in [2.45, 2.75) is 52.0 Å². The third-order valence-corrected chi connectivity index (χ3v) is 21.1. The Balaban J connectivity index is 0.000000133. The lowest BCUT2D eigenvalue weighted by molar-refractivity contribution is 0.00578. The van der Waals surface area contributed by atoms with E-state index in [-0.39, 0.29) is 18.3 Å².